The molecular weight excluding hydrogens is 362 g/mol. The first kappa shape index (κ1) is 18.0. The quantitative estimate of drug-likeness (QED) is 0.510. The van der Waals surface area contributed by atoms with Gasteiger partial charge < -0.3 is 14.8 Å². The van der Waals surface area contributed by atoms with Crippen LogP contribution in [-0.4, -0.2) is 22.0 Å². The second kappa shape index (κ2) is 7.60. The van der Waals surface area contributed by atoms with Crippen molar-refractivity contribution in [2.45, 2.75) is 0 Å². The molecule has 3 aromatic rings. The van der Waals surface area contributed by atoms with Gasteiger partial charge in [-0.3, -0.25) is 10.1 Å². The summed E-state index contributed by atoms with van der Waals surface area (Å²) in [5.41, 5.74) is -0.941. The van der Waals surface area contributed by atoms with Gasteiger partial charge in [0.15, 0.2) is 0 Å². The van der Waals surface area contributed by atoms with E-state index in [0.717, 1.165) is 24.5 Å². The summed E-state index contributed by atoms with van der Waals surface area (Å²) in [6, 6.07) is 8.93. The summed E-state index contributed by atoms with van der Waals surface area (Å²) in [7, 11) is 1.49. The highest BCUT2D eigenvalue weighted by Crippen LogP contribution is 2.36. The molecule has 2 aromatic carbocycles. The normalized spacial score (nSPS) is 10.3. The number of nitrogens with zero attached hydrogens (tertiary/aromatic N) is 3. The van der Waals surface area contributed by atoms with Crippen LogP contribution in [0.15, 0.2) is 48.8 Å². The molecule has 8 nitrogen and oxygen atoms in total. The Morgan fingerprint density at radius 3 is 2.44 bits per heavy atom. The van der Waals surface area contributed by atoms with Gasteiger partial charge in [-0.2, -0.15) is 4.98 Å². The van der Waals surface area contributed by atoms with Crippen molar-refractivity contribution < 1.29 is 23.2 Å². The molecule has 0 fully saturated rings. The number of benzene rings is 2. The Morgan fingerprint density at radius 1 is 1.07 bits per heavy atom. The Hall–Kier alpha value is -3.82. The zero-order valence-electron chi connectivity index (χ0n) is 13.8. The summed E-state index contributed by atoms with van der Waals surface area (Å²) in [5, 5.41) is 13.9. The third kappa shape index (κ3) is 4.06. The lowest BCUT2D eigenvalue weighted by molar-refractivity contribution is -0.385. The van der Waals surface area contributed by atoms with Crippen LogP contribution in [0.5, 0.6) is 17.4 Å². The van der Waals surface area contributed by atoms with Crippen LogP contribution in [0.3, 0.4) is 0 Å². The van der Waals surface area contributed by atoms with Crippen molar-refractivity contribution >= 4 is 17.2 Å². The highest BCUT2D eigenvalue weighted by Gasteiger charge is 2.26. The molecule has 138 valence electrons. The van der Waals surface area contributed by atoms with Crippen LogP contribution >= 0.6 is 0 Å². The summed E-state index contributed by atoms with van der Waals surface area (Å²) in [5.74, 6) is -1.39. The van der Waals surface area contributed by atoms with E-state index < -0.39 is 22.2 Å². The number of halogens is 2. The van der Waals surface area contributed by atoms with E-state index in [9.17, 15) is 18.9 Å². The van der Waals surface area contributed by atoms with Gasteiger partial charge in [-0.1, -0.05) is 0 Å². The average molecular weight is 374 g/mol. The van der Waals surface area contributed by atoms with Gasteiger partial charge in [0.25, 0.3) is 0 Å². The molecule has 0 aliphatic heterocycles. The molecule has 0 radical (unpaired) electrons. The number of rotatable bonds is 6. The van der Waals surface area contributed by atoms with E-state index in [1.165, 1.54) is 19.2 Å². The SMILES string of the molecule is COc1ccc(Oc2ncnc(Nc3cc(F)ccc3F)c2[N+](=O)[O-])cc1. The maximum Gasteiger partial charge on any atom is 0.373 e. The molecule has 10 heteroatoms. The Bertz CT molecular complexity index is 983. The first-order valence-corrected chi connectivity index (χ1v) is 7.51. The number of methoxy groups -OCH3 is 1. The molecule has 0 atom stereocenters. The van der Waals surface area contributed by atoms with Crippen molar-refractivity contribution in [3.05, 3.63) is 70.5 Å². The van der Waals surface area contributed by atoms with Crippen LogP contribution < -0.4 is 14.8 Å². The van der Waals surface area contributed by atoms with Gasteiger partial charge in [-0.25, -0.2) is 13.8 Å². The van der Waals surface area contributed by atoms with Gasteiger partial charge >= 0.3 is 11.6 Å². The van der Waals surface area contributed by atoms with Crippen LogP contribution in [0.4, 0.5) is 26.0 Å². The van der Waals surface area contributed by atoms with E-state index in [0.29, 0.717) is 5.75 Å². The molecule has 27 heavy (non-hydrogen) atoms. The summed E-state index contributed by atoms with van der Waals surface area (Å²) in [6.45, 7) is 0. The van der Waals surface area contributed by atoms with Gasteiger partial charge in [-0.05, 0) is 36.4 Å². The molecular formula is C17H12F2N4O4. The topological polar surface area (TPSA) is 99.4 Å². The van der Waals surface area contributed by atoms with Crippen molar-refractivity contribution in [2.24, 2.45) is 0 Å². The number of aromatic nitrogens is 2. The maximum absolute atomic E-state index is 13.8. The molecule has 3 rings (SSSR count). The zero-order valence-corrected chi connectivity index (χ0v) is 13.8. The average Bonchev–Trinajstić information content (AvgIpc) is 2.65. The third-order valence-corrected chi connectivity index (χ3v) is 3.43. The lowest BCUT2D eigenvalue weighted by Crippen LogP contribution is -2.04. The van der Waals surface area contributed by atoms with E-state index in [-0.39, 0.29) is 23.1 Å². The molecule has 1 aromatic heterocycles. The number of ether oxygens (including phenoxy) is 2. The number of hydrogen-bond acceptors (Lipinski definition) is 7. The third-order valence-electron chi connectivity index (χ3n) is 3.43. The summed E-state index contributed by atoms with van der Waals surface area (Å²) in [4.78, 5) is 18.2. The molecule has 0 unspecified atom stereocenters. The molecule has 0 saturated heterocycles. The number of nitro groups is 1. The van der Waals surface area contributed by atoms with Gasteiger partial charge in [0, 0.05) is 6.07 Å². The summed E-state index contributed by atoms with van der Waals surface area (Å²) in [6.07, 6.45) is 1.01. The second-order valence-corrected chi connectivity index (χ2v) is 5.16. The number of nitrogens with one attached hydrogen (secondary N) is 1. The minimum Gasteiger partial charge on any atom is -0.497 e. The minimum atomic E-state index is -0.804. The Kier molecular flexibility index (Phi) is 5.06. The number of anilines is 2. The van der Waals surface area contributed by atoms with Gasteiger partial charge in [0.2, 0.25) is 5.82 Å². The zero-order chi connectivity index (χ0) is 19.4. The monoisotopic (exact) mass is 374 g/mol. The molecule has 0 saturated carbocycles. The second-order valence-electron chi connectivity index (χ2n) is 5.16. The maximum atomic E-state index is 13.8. The van der Waals surface area contributed by atoms with Gasteiger partial charge in [-0.15, -0.1) is 0 Å². The van der Waals surface area contributed by atoms with Gasteiger partial charge in [0.05, 0.1) is 17.7 Å². The van der Waals surface area contributed by atoms with E-state index in [1.807, 2.05) is 0 Å². The van der Waals surface area contributed by atoms with E-state index in [1.54, 1.807) is 12.1 Å². The lowest BCUT2D eigenvalue weighted by Gasteiger charge is -2.10. The molecule has 0 spiro atoms. The molecule has 0 bridgehead atoms. The van der Waals surface area contributed by atoms with Gasteiger partial charge in [0.1, 0.15) is 29.5 Å². The largest absolute Gasteiger partial charge is 0.497 e. The van der Waals surface area contributed by atoms with Crippen LogP contribution in [0.25, 0.3) is 0 Å². The van der Waals surface area contributed by atoms with Crippen molar-refractivity contribution in [1.29, 1.82) is 0 Å². The Labute approximate surface area is 151 Å². The van der Waals surface area contributed by atoms with E-state index >= 15 is 0 Å². The highest BCUT2D eigenvalue weighted by molar-refractivity contribution is 5.69. The van der Waals surface area contributed by atoms with Crippen LogP contribution in [-0.2, 0) is 0 Å². The Balaban J connectivity index is 1.96. The molecule has 1 N–H and O–H groups in total. The minimum absolute atomic E-state index is 0.264. The van der Waals surface area contributed by atoms with Crippen molar-refractivity contribution in [3.63, 3.8) is 0 Å². The van der Waals surface area contributed by atoms with E-state index in [2.05, 4.69) is 15.3 Å². The van der Waals surface area contributed by atoms with Crippen LogP contribution in [0.1, 0.15) is 0 Å². The number of hydrogen-bond donors (Lipinski definition) is 1. The molecule has 0 aliphatic carbocycles. The van der Waals surface area contributed by atoms with Crippen molar-refractivity contribution in [1.82, 2.24) is 9.97 Å². The molecule has 0 amide bonds. The fourth-order valence-corrected chi connectivity index (χ4v) is 2.17. The smallest absolute Gasteiger partial charge is 0.373 e. The first-order valence-electron chi connectivity index (χ1n) is 7.51. The van der Waals surface area contributed by atoms with Crippen molar-refractivity contribution in [2.75, 3.05) is 12.4 Å². The predicted octanol–water partition coefficient (Wildman–Crippen LogP) is 4.21. The fourth-order valence-electron chi connectivity index (χ4n) is 2.17. The predicted molar refractivity (Wildman–Crippen MR) is 91.4 cm³/mol. The van der Waals surface area contributed by atoms with Crippen LogP contribution in [0, 0.1) is 21.7 Å². The summed E-state index contributed by atoms with van der Waals surface area (Å²) >= 11 is 0. The van der Waals surface area contributed by atoms with E-state index in [4.69, 9.17) is 9.47 Å². The fraction of sp³-hybridized carbons (Fsp3) is 0.0588. The molecule has 0 aliphatic rings. The first-order chi connectivity index (χ1) is 13.0. The lowest BCUT2D eigenvalue weighted by atomic mass is 10.3. The van der Waals surface area contributed by atoms with Crippen molar-refractivity contribution in [3.8, 4) is 17.4 Å². The standard InChI is InChI=1S/C17H12F2N4O4/c1-26-11-3-5-12(6-4-11)27-17-15(23(24)25)16(20-9-21-17)22-14-8-10(18)2-7-13(14)19/h2-9H,1H3,(H,20,21,22). The van der Waals surface area contributed by atoms with Crippen LogP contribution in [0.2, 0.25) is 0 Å². The highest BCUT2D eigenvalue weighted by atomic mass is 19.1. The Morgan fingerprint density at radius 2 is 1.78 bits per heavy atom. The molecule has 1 heterocycles. The summed E-state index contributed by atoms with van der Waals surface area (Å²) < 4.78 is 37.6.